The predicted molar refractivity (Wildman–Crippen MR) is 140 cm³/mol. The summed E-state index contributed by atoms with van der Waals surface area (Å²) >= 11 is 0. The highest BCUT2D eigenvalue weighted by Crippen LogP contribution is 2.42. The van der Waals surface area contributed by atoms with Crippen LogP contribution in [0.3, 0.4) is 0 Å². The van der Waals surface area contributed by atoms with Crippen LogP contribution < -0.4 is 10.6 Å². The SMILES string of the molecule is CC(C)(C)C(NC(=O)C(NC(=O)c1ccccc1)C1CCCCC1)C(=O)N1[C@H](C(=O)O)C[C@@H]2CCC[C@@H]21. The first-order chi connectivity index (χ1) is 17.6. The third-order valence-electron chi connectivity index (χ3n) is 8.50. The zero-order valence-corrected chi connectivity index (χ0v) is 22.2. The van der Waals surface area contributed by atoms with Crippen LogP contribution in [0.15, 0.2) is 30.3 Å². The highest BCUT2D eigenvalue weighted by atomic mass is 16.4. The highest BCUT2D eigenvalue weighted by molar-refractivity contribution is 5.99. The summed E-state index contributed by atoms with van der Waals surface area (Å²) < 4.78 is 0. The molecule has 8 heteroatoms. The van der Waals surface area contributed by atoms with Crippen molar-refractivity contribution in [2.75, 3.05) is 0 Å². The second-order valence-electron chi connectivity index (χ2n) is 12.1. The van der Waals surface area contributed by atoms with E-state index in [9.17, 15) is 24.3 Å². The lowest BCUT2D eigenvalue weighted by atomic mass is 9.82. The molecule has 0 aromatic heterocycles. The van der Waals surface area contributed by atoms with E-state index in [4.69, 9.17) is 0 Å². The predicted octanol–water partition coefficient (Wildman–Crippen LogP) is 3.75. The van der Waals surface area contributed by atoms with Gasteiger partial charge in [0.15, 0.2) is 0 Å². The van der Waals surface area contributed by atoms with Gasteiger partial charge in [-0.3, -0.25) is 14.4 Å². The van der Waals surface area contributed by atoms with E-state index in [1.807, 2.05) is 26.8 Å². The maximum atomic E-state index is 14.0. The largest absolute Gasteiger partial charge is 0.480 e. The first-order valence-corrected chi connectivity index (χ1v) is 13.8. The second-order valence-corrected chi connectivity index (χ2v) is 12.1. The molecule has 1 aromatic rings. The summed E-state index contributed by atoms with van der Waals surface area (Å²) in [6.45, 7) is 5.64. The van der Waals surface area contributed by atoms with Gasteiger partial charge in [-0.05, 0) is 61.5 Å². The molecule has 5 atom stereocenters. The summed E-state index contributed by atoms with van der Waals surface area (Å²) in [5.74, 6) is -1.84. The molecule has 1 aliphatic heterocycles. The molecule has 202 valence electrons. The number of nitrogens with one attached hydrogen (secondary N) is 2. The van der Waals surface area contributed by atoms with Crippen LogP contribution in [0, 0.1) is 17.3 Å². The van der Waals surface area contributed by atoms with E-state index in [-0.39, 0.29) is 35.6 Å². The smallest absolute Gasteiger partial charge is 0.326 e. The first kappa shape index (κ1) is 27.1. The molecule has 3 aliphatic rings. The van der Waals surface area contributed by atoms with Crippen LogP contribution in [-0.2, 0) is 14.4 Å². The second kappa shape index (κ2) is 11.2. The molecule has 8 nitrogen and oxygen atoms in total. The van der Waals surface area contributed by atoms with Crippen molar-refractivity contribution in [3.63, 3.8) is 0 Å². The number of hydrogen-bond acceptors (Lipinski definition) is 4. The fraction of sp³-hybridized carbons (Fsp3) is 0.655. The summed E-state index contributed by atoms with van der Waals surface area (Å²) in [7, 11) is 0. The van der Waals surface area contributed by atoms with Crippen molar-refractivity contribution in [3.8, 4) is 0 Å². The van der Waals surface area contributed by atoms with Gasteiger partial charge in [0, 0.05) is 11.6 Å². The number of carboxylic acid groups (broad SMARTS) is 1. The summed E-state index contributed by atoms with van der Waals surface area (Å²) in [5, 5.41) is 15.8. The van der Waals surface area contributed by atoms with Crippen LogP contribution in [0.4, 0.5) is 0 Å². The molecular formula is C29H41N3O5. The van der Waals surface area contributed by atoms with Gasteiger partial charge < -0.3 is 20.6 Å². The Kier molecular flexibility index (Phi) is 8.24. The fourth-order valence-corrected chi connectivity index (χ4v) is 6.54. The molecule has 37 heavy (non-hydrogen) atoms. The Balaban J connectivity index is 1.57. The van der Waals surface area contributed by atoms with E-state index in [2.05, 4.69) is 10.6 Å². The lowest BCUT2D eigenvalue weighted by molar-refractivity contribution is -0.152. The van der Waals surface area contributed by atoms with Crippen LogP contribution >= 0.6 is 0 Å². The van der Waals surface area contributed by atoms with Crippen molar-refractivity contribution < 1.29 is 24.3 Å². The van der Waals surface area contributed by atoms with E-state index in [0.29, 0.717) is 12.0 Å². The number of aliphatic carboxylic acids is 1. The molecule has 2 aliphatic carbocycles. The number of amides is 3. The van der Waals surface area contributed by atoms with Crippen LogP contribution in [-0.4, -0.2) is 57.9 Å². The first-order valence-electron chi connectivity index (χ1n) is 13.8. The molecule has 1 heterocycles. The monoisotopic (exact) mass is 511 g/mol. The van der Waals surface area contributed by atoms with E-state index in [1.54, 1.807) is 29.2 Å². The van der Waals surface area contributed by atoms with Crippen molar-refractivity contribution >= 4 is 23.7 Å². The van der Waals surface area contributed by atoms with Crippen molar-refractivity contribution in [1.29, 1.82) is 0 Å². The Labute approximate surface area is 219 Å². The van der Waals surface area contributed by atoms with Crippen LogP contribution in [0.2, 0.25) is 0 Å². The van der Waals surface area contributed by atoms with Gasteiger partial charge in [-0.1, -0.05) is 64.7 Å². The normalized spacial score (nSPS) is 25.7. The van der Waals surface area contributed by atoms with Crippen LogP contribution in [0.25, 0.3) is 0 Å². The summed E-state index contributed by atoms with van der Waals surface area (Å²) in [5.41, 5.74) is -0.166. The molecule has 1 aromatic carbocycles. The Morgan fingerprint density at radius 1 is 0.919 bits per heavy atom. The van der Waals surface area contributed by atoms with Gasteiger partial charge in [-0.2, -0.15) is 0 Å². The number of hydrogen-bond donors (Lipinski definition) is 3. The average Bonchev–Trinajstić information content (AvgIpc) is 3.47. The maximum absolute atomic E-state index is 14.0. The van der Waals surface area contributed by atoms with Crippen molar-refractivity contribution in [2.24, 2.45) is 17.3 Å². The third-order valence-corrected chi connectivity index (χ3v) is 8.50. The van der Waals surface area contributed by atoms with Gasteiger partial charge >= 0.3 is 5.97 Å². The molecule has 3 fully saturated rings. The number of carbonyl (C=O) groups excluding carboxylic acids is 3. The number of carboxylic acids is 1. The summed E-state index contributed by atoms with van der Waals surface area (Å²) in [6, 6.07) is 6.19. The van der Waals surface area contributed by atoms with Crippen LogP contribution in [0.5, 0.6) is 0 Å². The zero-order chi connectivity index (χ0) is 26.7. The van der Waals surface area contributed by atoms with Crippen molar-refractivity contribution in [3.05, 3.63) is 35.9 Å². The van der Waals surface area contributed by atoms with E-state index >= 15 is 0 Å². The summed E-state index contributed by atoms with van der Waals surface area (Å²) in [4.78, 5) is 54.5. The lowest BCUT2D eigenvalue weighted by Crippen LogP contribution is -2.62. The van der Waals surface area contributed by atoms with E-state index in [1.165, 1.54) is 0 Å². The number of benzene rings is 1. The van der Waals surface area contributed by atoms with E-state index in [0.717, 1.165) is 51.4 Å². The number of fused-ring (bicyclic) bond motifs is 1. The van der Waals surface area contributed by atoms with Crippen LogP contribution in [0.1, 0.15) is 88.9 Å². The van der Waals surface area contributed by atoms with Gasteiger partial charge in [-0.25, -0.2) is 4.79 Å². The number of rotatable bonds is 7. The Bertz CT molecular complexity index is 999. The quantitative estimate of drug-likeness (QED) is 0.516. The van der Waals surface area contributed by atoms with Gasteiger partial charge in [-0.15, -0.1) is 0 Å². The van der Waals surface area contributed by atoms with Crippen molar-refractivity contribution in [2.45, 2.75) is 103 Å². The Morgan fingerprint density at radius 2 is 1.59 bits per heavy atom. The molecule has 2 saturated carbocycles. The molecule has 2 unspecified atom stereocenters. The Hall–Kier alpha value is -2.90. The number of likely N-dealkylation sites (tertiary alicyclic amines) is 1. The fourth-order valence-electron chi connectivity index (χ4n) is 6.54. The number of nitrogens with zero attached hydrogens (tertiary/aromatic N) is 1. The average molecular weight is 512 g/mol. The lowest BCUT2D eigenvalue weighted by Gasteiger charge is -2.38. The highest BCUT2D eigenvalue weighted by Gasteiger charge is 2.52. The summed E-state index contributed by atoms with van der Waals surface area (Å²) in [6.07, 6.45) is 7.93. The molecule has 3 amide bonds. The minimum absolute atomic E-state index is 0.0186. The molecule has 0 bridgehead atoms. The van der Waals surface area contributed by atoms with Crippen molar-refractivity contribution in [1.82, 2.24) is 15.5 Å². The molecule has 0 spiro atoms. The molecule has 3 N–H and O–H groups in total. The molecular weight excluding hydrogens is 470 g/mol. The standard InChI is InChI=1S/C29H41N3O5/c1-29(2,3)24(27(35)32-21-16-10-15-20(21)17-22(32)28(36)37)31-26(34)23(18-11-6-4-7-12-18)30-25(33)19-13-8-5-9-14-19/h5,8-9,13-14,18,20-24H,4,6-7,10-12,15-17H2,1-3H3,(H,30,33)(H,31,34)(H,36,37)/t20-,21-,22-,23?,24?/m0/s1. The maximum Gasteiger partial charge on any atom is 0.326 e. The topological polar surface area (TPSA) is 116 Å². The van der Waals surface area contributed by atoms with Gasteiger partial charge in [0.2, 0.25) is 11.8 Å². The molecule has 0 radical (unpaired) electrons. The van der Waals surface area contributed by atoms with Gasteiger partial charge in [0.1, 0.15) is 18.1 Å². The molecule has 1 saturated heterocycles. The molecule has 4 rings (SSSR count). The van der Waals surface area contributed by atoms with Gasteiger partial charge in [0.05, 0.1) is 0 Å². The minimum atomic E-state index is -0.989. The van der Waals surface area contributed by atoms with E-state index < -0.39 is 29.5 Å². The third kappa shape index (κ3) is 5.99. The number of carbonyl (C=O) groups is 4. The minimum Gasteiger partial charge on any atom is -0.480 e. The zero-order valence-electron chi connectivity index (χ0n) is 22.2. The Morgan fingerprint density at radius 3 is 2.22 bits per heavy atom. The van der Waals surface area contributed by atoms with Gasteiger partial charge in [0.25, 0.3) is 5.91 Å².